The zero-order valence-corrected chi connectivity index (χ0v) is 21.5. The number of anilines is 2. The Morgan fingerprint density at radius 3 is 2.35 bits per heavy atom. The maximum absolute atomic E-state index is 13.2. The summed E-state index contributed by atoms with van der Waals surface area (Å²) in [6, 6.07) is 9.41. The van der Waals surface area contributed by atoms with Gasteiger partial charge in [0.1, 0.15) is 17.1 Å². The van der Waals surface area contributed by atoms with E-state index in [9.17, 15) is 30.8 Å². The van der Waals surface area contributed by atoms with E-state index in [1.165, 1.54) is 56.7 Å². The predicted molar refractivity (Wildman–Crippen MR) is 130 cm³/mol. The number of furan rings is 1. The van der Waals surface area contributed by atoms with Crippen LogP contribution in [-0.2, 0) is 16.6 Å². The normalized spacial score (nSPS) is 11.6. The van der Waals surface area contributed by atoms with Crippen LogP contribution in [0, 0.1) is 0 Å². The first-order valence-electron chi connectivity index (χ1n) is 11.1. The van der Waals surface area contributed by atoms with E-state index < -0.39 is 46.7 Å². The van der Waals surface area contributed by atoms with Crippen molar-refractivity contribution in [3.8, 4) is 11.9 Å². The van der Waals surface area contributed by atoms with Crippen LogP contribution >= 0.6 is 0 Å². The van der Waals surface area contributed by atoms with Gasteiger partial charge in [-0.3, -0.25) is 14.2 Å². The summed E-state index contributed by atoms with van der Waals surface area (Å²) >= 11 is 0. The monoisotopic (exact) mass is 584 g/mol. The average Bonchev–Trinajstić information content (AvgIpc) is 3.56. The predicted octanol–water partition coefficient (Wildman–Crippen LogP) is 4.26. The number of nitrogens with one attached hydrogen (secondary N) is 2. The first-order valence-corrected chi connectivity index (χ1v) is 12.6. The fourth-order valence-corrected chi connectivity index (χ4v) is 4.34. The third kappa shape index (κ3) is 6.48. The Kier molecular flexibility index (Phi) is 8.22. The molecule has 17 heteroatoms. The summed E-state index contributed by atoms with van der Waals surface area (Å²) in [4.78, 5) is 20.2. The van der Waals surface area contributed by atoms with E-state index in [1.54, 1.807) is 0 Å². The minimum atomic E-state index is -4.09. The van der Waals surface area contributed by atoms with Crippen molar-refractivity contribution in [3.05, 3.63) is 71.4 Å². The Bertz CT molecular complexity index is 1590. The fraction of sp³-hybridized carbons (Fsp3) is 0.217. The highest BCUT2D eigenvalue weighted by molar-refractivity contribution is 7.92. The molecular formula is C23H20F4N6O6S. The Morgan fingerprint density at radius 2 is 1.73 bits per heavy atom. The zero-order chi connectivity index (χ0) is 29.0. The summed E-state index contributed by atoms with van der Waals surface area (Å²) in [6.45, 7) is -0.413. The number of aromatic nitrogens is 4. The molecule has 4 aromatic rings. The topological polar surface area (TPSA) is 150 Å². The van der Waals surface area contributed by atoms with Crippen molar-refractivity contribution in [2.24, 2.45) is 0 Å². The number of methoxy groups -OCH3 is 2. The molecule has 2 N–H and O–H groups in total. The summed E-state index contributed by atoms with van der Waals surface area (Å²) < 4.78 is 95.9. The number of benzene rings is 1. The first kappa shape index (κ1) is 28.3. The van der Waals surface area contributed by atoms with E-state index in [0.717, 1.165) is 0 Å². The number of carbonyl (C=O) groups excluding carboxylic acids is 1. The average molecular weight is 585 g/mol. The number of carbonyl (C=O) groups is 1. The van der Waals surface area contributed by atoms with Gasteiger partial charge in [-0.1, -0.05) is 0 Å². The van der Waals surface area contributed by atoms with E-state index in [-0.39, 0.29) is 39.8 Å². The largest absolute Gasteiger partial charge is 0.481 e. The van der Waals surface area contributed by atoms with E-state index >= 15 is 0 Å². The van der Waals surface area contributed by atoms with Crippen LogP contribution in [0.25, 0.3) is 0 Å². The van der Waals surface area contributed by atoms with Gasteiger partial charge in [0.15, 0.2) is 11.6 Å². The van der Waals surface area contributed by atoms with Crippen molar-refractivity contribution in [2.45, 2.75) is 24.3 Å². The summed E-state index contributed by atoms with van der Waals surface area (Å²) in [7, 11) is -1.45. The molecule has 0 bridgehead atoms. The molecule has 3 heterocycles. The summed E-state index contributed by atoms with van der Waals surface area (Å²) in [5.74, 6) is -0.958. The number of ether oxygens (including phenoxy) is 2. The molecular weight excluding hydrogens is 564 g/mol. The molecule has 0 aliphatic rings. The zero-order valence-electron chi connectivity index (χ0n) is 20.6. The second kappa shape index (κ2) is 11.6. The van der Waals surface area contributed by atoms with Gasteiger partial charge in [0.2, 0.25) is 5.88 Å². The number of hydrogen-bond acceptors (Lipinski definition) is 9. The van der Waals surface area contributed by atoms with Gasteiger partial charge in [0.25, 0.3) is 28.8 Å². The van der Waals surface area contributed by atoms with E-state index in [4.69, 9.17) is 13.9 Å². The molecule has 0 saturated heterocycles. The standard InChI is InChI=1S/C23H20F4N6O6S/c1-37-19-10-18(29-23(30-19)38-2)32-40(35,36)14-6-3-12(4-7-14)28-22(34)17-8-5-13(39-17)11-33-16(21(26)27)9-15(31-33)20(24)25/h3-10,20-21H,11H2,1-2H3,(H,28,34)(H,29,30,32). The summed E-state index contributed by atoms with van der Waals surface area (Å²) in [6.07, 6.45) is -6.08. The Labute approximate surface area is 224 Å². The molecule has 0 unspecified atom stereocenters. The molecule has 0 aliphatic carbocycles. The summed E-state index contributed by atoms with van der Waals surface area (Å²) in [5, 5.41) is 5.97. The molecule has 12 nitrogen and oxygen atoms in total. The van der Waals surface area contributed by atoms with Crippen LogP contribution in [0.5, 0.6) is 11.9 Å². The number of nitrogens with zero attached hydrogens (tertiary/aromatic N) is 4. The van der Waals surface area contributed by atoms with Gasteiger partial charge in [0, 0.05) is 11.8 Å². The van der Waals surface area contributed by atoms with Crippen LogP contribution in [0.2, 0.25) is 0 Å². The molecule has 40 heavy (non-hydrogen) atoms. The minimum absolute atomic E-state index is 0.0152. The van der Waals surface area contributed by atoms with Gasteiger partial charge in [-0.2, -0.15) is 15.1 Å². The van der Waals surface area contributed by atoms with Crippen molar-refractivity contribution in [1.82, 2.24) is 19.7 Å². The van der Waals surface area contributed by atoms with Crippen molar-refractivity contribution in [1.29, 1.82) is 0 Å². The number of alkyl halides is 4. The van der Waals surface area contributed by atoms with Gasteiger partial charge in [-0.05, 0) is 42.5 Å². The van der Waals surface area contributed by atoms with Crippen LogP contribution in [0.15, 0.2) is 57.8 Å². The van der Waals surface area contributed by atoms with E-state index in [0.29, 0.717) is 10.7 Å². The van der Waals surface area contributed by atoms with E-state index in [1.807, 2.05) is 0 Å². The number of halogens is 4. The molecule has 0 spiro atoms. The van der Waals surface area contributed by atoms with Crippen LogP contribution in [0.1, 0.15) is 40.6 Å². The van der Waals surface area contributed by atoms with Crippen molar-refractivity contribution in [2.75, 3.05) is 24.3 Å². The van der Waals surface area contributed by atoms with Crippen LogP contribution in [0.3, 0.4) is 0 Å². The smallest absolute Gasteiger partial charge is 0.321 e. The van der Waals surface area contributed by atoms with Crippen LogP contribution in [0.4, 0.5) is 29.1 Å². The first-order chi connectivity index (χ1) is 19.0. The number of rotatable bonds is 11. The third-order valence-corrected chi connectivity index (χ3v) is 6.57. The molecule has 0 atom stereocenters. The SMILES string of the molecule is COc1cc(NS(=O)(=O)c2ccc(NC(=O)c3ccc(Cn4nc(C(F)F)cc4C(F)F)o3)cc2)nc(OC)n1. The Morgan fingerprint density at radius 1 is 1.00 bits per heavy atom. The third-order valence-electron chi connectivity index (χ3n) is 5.20. The second-order valence-corrected chi connectivity index (χ2v) is 9.57. The quantitative estimate of drug-likeness (QED) is 0.247. The molecule has 3 aromatic heterocycles. The van der Waals surface area contributed by atoms with Crippen molar-refractivity contribution < 1.29 is 44.7 Å². The van der Waals surface area contributed by atoms with Gasteiger partial charge >= 0.3 is 6.01 Å². The van der Waals surface area contributed by atoms with Crippen LogP contribution < -0.4 is 19.5 Å². The van der Waals surface area contributed by atoms with Gasteiger partial charge in [-0.15, -0.1) is 0 Å². The lowest BCUT2D eigenvalue weighted by Gasteiger charge is -2.10. The highest BCUT2D eigenvalue weighted by atomic mass is 32.2. The molecule has 4 rings (SSSR count). The molecule has 0 saturated carbocycles. The fourth-order valence-electron chi connectivity index (χ4n) is 3.35. The highest BCUT2D eigenvalue weighted by Crippen LogP contribution is 2.26. The molecule has 1 aromatic carbocycles. The van der Waals surface area contributed by atoms with Gasteiger partial charge in [0.05, 0.1) is 25.7 Å². The Balaban J connectivity index is 1.43. The van der Waals surface area contributed by atoms with Gasteiger partial charge < -0.3 is 19.2 Å². The summed E-state index contributed by atoms with van der Waals surface area (Å²) in [5.41, 5.74) is -1.32. The lowest BCUT2D eigenvalue weighted by atomic mass is 10.3. The molecule has 0 radical (unpaired) electrons. The van der Waals surface area contributed by atoms with Gasteiger partial charge in [-0.25, -0.2) is 26.0 Å². The minimum Gasteiger partial charge on any atom is -0.481 e. The second-order valence-electron chi connectivity index (χ2n) is 7.89. The molecule has 1 amide bonds. The van der Waals surface area contributed by atoms with Crippen molar-refractivity contribution in [3.63, 3.8) is 0 Å². The number of hydrogen-bond donors (Lipinski definition) is 2. The number of amides is 1. The molecule has 0 aliphatic heterocycles. The van der Waals surface area contributed by atoms with Crippen LogP contribution in [-0.4, -0.2) is 48.3 Å². The highest BCUT2D eigenvalue weighted by Gasteiger charge is 2.23. The Hall–Kier alpha value is -4.67. The van der Waals surface area contributed by atoms with Crippen molar-refractivity contribution >= 4 is 27.4 Å². The molecule has 0 fully saturated rings. The number of sulfonamides is 1. The maximum Gasteiger partial charge on any atom is 0.321 e. The molecule has 212 valence electrons. The van der Waals surface area contributed by atoms with E-state index in [2.05, 4.69) is 25.1 Å². The maximum atomic E-state index is 13.2. The lowest BCUT2D eigenvalue weighted by Crippen LogP contribution is -2.15. The lowest BCUT2D eigenvalue weighted by molar-refractivity contribution is 0.0994.